The summed E-state index contributed by atoms with van der Waals surface area (Å²) in [4.78, 5) is 26.7. The van der Waals surface area contributed by atoms with Crippen molar-refractivity contribution >= 4 is 44.4 Å². The Bertz CT molecular complexity index is 1410. The van der Waals surface area contributed by atoms with Gasteiger partial charge in [0.1, 0.15) is 5.60 Å². The highest BCUT2D eigenvalue weighted by molar-refractivity contribution is 7.89. The number of halogens is 1. The summed E-state index contributed by atoms with van der Waals surface area (Å²) in [7, 11) is -3.69. The SMILES string of the molecule is CC(C)(C)OC(=O)NCc1ccc(C(=O)N2CCN(S(=O)(=O)c3ccc4cc(Cl)ccc4c3)CC2)cc1. The molecular weight excluding hydrogens is 514 g/mol. The number of nitrogens with one attached hydrogen (secondary N) is 1. The van der Waals surface area contributed by atoms with E-state index in [4.69, 9.17) is 16.3 Å². The smallest absolute Gasteiger partial charge is 0.407 e. The third-order valence-corrected chi connectivity index (χ3v) is 8.10. The standard InChI is InChI=1S/C27H30ClN3O5S/c1-27(2,3)36-26(33)29-18-19-4-6-20(7-5-19)25(32)30-12-14-31(15-13-30)37(34,35)24-11-9-21-16-23(28)10-8-22(21)17-24/h4-11,16-17H,12-15,18H2,1-3H3,(H,29,33). The van der Waals surface area contributed by atoms with Crippen LogP contribution in [-0.4, -0.2) is 61.4 Å². The normalized spacial score (nSPS) is 15.0. The lowest BCUT2D eigenvalue weighted by molar-refractivity contribution is 0.0523. The molecule has 0 bridgehead atoms. The first-order valence-corrected chi connectivity index (χ1v) is 13.8. The van der Waals surface area contributed by atoms with E-state index in [1.54, 1.807) is 86.3 Å². The van der Waals surface area contributed by atoms with Crippen molar-refractivity contribution in [1.29, 1.82) is 0 Å². The maximum Gasteiger partial charge on any atom is 0.407 e. The summed E-state index contributed by atoms with van der Waals surface area (Å²) in [6.45, 7) is 6.68. The van der Waals surface area contributed by atoms with Gasteiger partial charge >= 0.3 is 6.09 Å². The Balaban J connectivity index is 1.34. The number of alkyl carbamates (subject to hydrolysis) is 1. The summed E-state index contributed by atoms with van der Waals surface area (Å²) in [5, 5.41) is 4.95. The fraction of sp³-hybridized carbons (Fsp3) is 0.333. The number of amides is 2. The maximum atomic E-state index is 13.2. The van der Waals surface area contributed by atoms with Crippen LogP contribution in [-0.2, 0) is 21.3 Å². The van der Waals surface area contributed by atoms with Crippen LogP contribution < -0.4 is 5.32 Å². The first kappa shape index (κ1) is 26.9. The molecule has 0 spiro atoms. The summed E-state index contributed by atoms with van der Waals surface area (Å²) in [5.74, 6) is -0.161. The minimum Gasteiger partial charge on any atom is -0.444 e. The predicted octanol–water partition coefficient (Wildman–Crippen LogP) is 4.66. The first-order chi connectivity index (χ1) is 17.4. The molecular formula is C27H30ClN3O5S. The first-order valence-electron chi connectivity index (χ1n) is 12.0. The number of fused-ring (bicyclic) bond motifs is 1. The zero-order valence-corrected chi connectivity index (χ0v) is 22.6. The topological polar surface area (TPSA) is 96.0 Å². The van der Waals surface area contributed by atoms with Gasteiger partial charge in [-0.2, -0.15) is 4.31 Å². The highest BCUT2D eigenvalue weighted by Crippen LogP contribution is 2.25. The van der Waals surface area contributed by atoms with E-state index in [1.165, 1.54) is 4.31 Å². The molecule has 2 amide bonds. The molecule has 4 rings (SSSR count). The third kappa shape index (κ3) is 6.60. The van der Waals surface area contributed by atoms with Gasteiger partial charge < -0.3 is 15.0 Å². The Kier molecular flexibility index (Phi) is 7.77. The van der Waals surface area contributed by atoms with Crippen molar-refractivity contribution in [2.24, 2.45) is 0 Å². The molecule has 1 aliphatic heterocycles. The second kappa shape index (κ2) is 10.7. The van der Waals surface area contributed by atoms with E-state index in [1.807, 2.05) is 0 Å². The number of benzene rings is 3. The largest absolute Gasteiger partial charge is 0.444 e. The van der Waals surface area contributed by atoms with Gasteiger partial charge in [-0.15, -0.1) is 0 Å². The molecule has 0 atom stereocenters. The fourth-order valence-corrected chi connectivity index (χ4v) is 5.71. The summed E-state index contributed by atoms with van der Waals surface area (Å²) in [5.41, 5.74) is 0.759. The van der Waals surface area contributed by atoms with E-state index >= 15 is 0 Å². The molecule has 8 nitrogen and oxygen atoms in total. The fourth-order valence-electron chi connectivity index (χ4n) is 4.07. The second-order valence-corrected chi connectivity index (χ2v) is 12.3. The number of carbonyl (C=O) groups excluding carboxylic acids is 2. The minimum atomic E-state index is -3.69. The van der Waals surface area contributed by atoms with Gasteiger partial charge in [-0.05, 0) is 73.5 Å². The third-order valence-electron chi connectivity index (χ3n) is 5.97. The molecule has 37 heavy (non-hydrogen) atoms. The number of sulfonamides is 1. The summed E-state index contributed by atoms with van der Waals surface area (Å²) < 4.78 is 33.1. The lowest BCUT2D eigenvalue weighted by Gasteiger charge is -2.34. The number of carbonyl (C=O) groups is 2. The number of ether oxygens (including phenoxy) is 1. The van der Waals surface area contributed by atoms with E-state index in [-0.39, 0.29) is 30.4 Å². The van der Waals surface area contributed by atoms with E-state index in [9.17, 15) is 18.0 Å². The zero-order valence-electron chi connectivity index (χ0n) is 21.0. The summed E-state index contributed by atoms with van der Waals surface area (Å²) in [6, 6.07) is 17.3. The Hall–Kier alpha value is -3.14. The van der Waals surface area contributed by atoms with Crippen molar-refractivity contribution in [3.63, 3.8) is 0 Å². The van der Waals surface area contributed by atoms with Crippen molar-refractivity contribution < 1.29 is 22.7 Å². The highest BCUT2D eigenvalue weighted by Gasteiger charge is 2.30. The molecule has 1 N–H and O–H groups in total. The average Bonchev–Trinajstić information content (AvgIpc) is 2.86. The number of hydrogen-bond donors (Lipinski definition) is 1. The van der Waals surface area contributed by atoms with Gasteiger partial charge in [-0.3, -0.25) is 4.79 Å². The Labute approximate surface area is 222 Å². The van der Waals surface area contributed by atoms with Crippen LogP contribution in [0.5, 0.6) is 0 Å². The van der Waals surface area contributed by atoms with Crippen LogP contribution >= 0.6 is 11.6 Å². The van der Waals surface area contributed by atoms with Gasteiger partial charge in [0, 0.05) is 43.3 Å². The maximum absolute atomic E-state index is 13.2. The van der Waals surface area contributed by atoms with Crippen LogP contribution in [0, 0.1) is 0 Å². The van der Waals surface area contributed by atoms with Crippen LogP contribution in [0.3, 0.4) is 0 Å². The van der Waals surface area contributed by atoms with Crippen molar-refractivity contribution in [1.82, 2.24) is 14.5 Å². The number of piperazine rings is 1. The van der Waals surface area contributed by atoms with Gasteiger partial charge in [0.05, 0.1) is 4.90 Å². The Morgan fingerprint density at radius 1 is 0.919 bits per heavy atom. The monoisotopic (exact) mass is 543 g/mol. The Morgan fingerprint density at radius 2 is 1.54 bits per heavy atom. The molecule has 10 heteroatoms. The summed E-state index contributed by atoms with van der Waals surface area (Å²) in [6.07, 6.45) is -0.506. The van der Waals surface area contributed by atoms with E-state index in [0.29, 0.717) is 23.7 Å². The number of hydrogen-bond acceptors (Lipinski definition) is 5. The van der Waals surface area contributed by atoms with Crippen LogP contribution in [0.2, 0.25) is 5.02 Å². The summed E-state index contributed by atoms with van der Waals surface area (Å²) >= 11 is 6.03. The van der Waals surface area contributed by atoms with Crippen molar-refractivity contribution in [3.8, 4) is 0 Å². The molecule has 1 heterocycles. The van der Waals surface area contributed by atoms with Gasteiger partial charge in [0.25, 0.3) is 5.91 Å². The highest BCUT2D eigenvalue weighted by atomic mass is 35.5. The quantitative estimate of drug-likeness (QED) is 0.505. The van der Waals surface area contributed by atoms with Crippen LogP contribution in [0.25, 0.3) is 10.8 Å². The van der Waals surface area contributed by atoms with Gasteiger partial charge in [-0.1, -0.05) is 35.9 Å². The van der Waals surface area contributed by atoms with Crippen LogP contribution in [0.1, 0.15) is 36.7 Å². The lowest BCUT2D eigenvalue weighted by atomic mass is 10.1. The van der Waals surface area contributed by atoms with Gasteiger partial charge in [0.15, 0.2) is 0 Å². The second-order valence-electron chi connectivity index (χ2n) is 9.90. The molecule has 0 radical (unpaired) electrons. The molecule has 1 saturated heterocycles. The average molecular weight is 544 g/mol. The zero-order chi connectivity index (χ0) is 26.8. The molecule has 0 saturated carbocycles. The van der Waals surface area contributed by atoms with E-state index in [0.717, 1.165) is 16.3 Å². The molecule has 196 valence electrons. The minimum absolute atomic E-state index is 0.161. The molecule has 0 aromatic heterocycles. The molecule has 0 aliphatic carbocycles. The van der Waals surface area contributed by atoms with Gasteiger partial charge in [-0.25, -0.2) is 13.2 Å². The molecule has 3 aromatic carbocycles. The van der Waals surface area contributed by atoms with E-state index < -0.39 is 21.7 Å². The predicted molar refractivity (Wildman–Crippen MR) is 143 cm³/mol. The molecule has 1 aliphatic rings. The van der Waals surface area contributed by atoms with E-state index in [2.05, 4.69) is 5.32 Å². The Morgan fingerprint density at radius 3 is 2.19 bits per heavy atom. The number of nitrogens with zero attached hydrogens (tertiary/aromatic N) is 2. The van der Waals surface area contributed by atoms with Crippen LogP contribution in [0.15, 0.2) is 65.6 Å². The van der Waals surface area contributed by atoms with Gasteiger partial charge in [0.2, 0.25) is 10.0 Å². The molecule has 3 aromatic rings. The van der Waals surface area contributed by atoms with Crippen molar-refractivity contribution in [3.05, 3.63) is 76.8 Å². The lowest BCUT2D eigenvalue weighted by Crippen LogP contribution is -2.50. The number of rotatable bonds is 5. The van der Waals surface area contributed by atoms with Crippen LogP contribution in [0.4, 0.5) is 4.79 Å². The van der Waals surface area contributed by atoms with Crippen molar-refractivity contribution in [2.75, 3.05) is 26.2 Å². The molecule has 1 fully saturated rings. The van der Waals surface area contributed by atoms with Crippen molar-refractivity contribution in [2.45, 2.75) is 37.8 Å². The molecule has 0 unspecified atom stereocenters.